The van der Waals surface area contributed by atoms with Crippen molar-refractivity contribution in [2.45, 2.75) is 44.7 Å². The summed E-state index contributed by atoms with van der Waals surface area (Å²) in [5.74, 6) is 0.986. The number of fused-ring (bicyclic) bond motifs is 1. The van der Waals surface area contributed by atoms with Gasteiger partial charge in [-0.2, -0.15) is 0 Å². The van der Waals surface area contributed by atoms with Crippen LogP contribution in [0.1, 0.15) is 39.2 Å². The van der Waals surface area contributed by atoms with Crippen molar-refractivity contribution in [3.05, 3.63) is 51.4 Å². The van der Waals surface area contributed by atoms with Crippen LogP contribution in [0, 0.1) is 6.92 Å². The topological polar surface area (TPSA) is 32.3 Å². The Hall–Kier alpha value is -0.440. The summed E-state index contributed by atoms with van der Waals surface area (Å²) in [5.41, 5.74) is 2.30. The maximum Gasteiger partial charge on any atom is 0.161 e. The molecule has 1 N–H and O–H groups in total. The number of nitrogens with one attached hydrogen (secondary N) is 1. The lowest BCUT2D eigenvalue weighted by atomic mass is 10.2. The zero-order valence-corrected chi connectivity index (χ0v) is 21.4. The number of nitrogens with zero attached hydrogens (tertiary/aromatic N) is 1. The number of thiophene rings is 1. The lowest BCUT2D eigenvalue weighted by Crippen LogP contribution is -2.13. The van der Waals surface area contributed by atoms with Crippen LogP contribution in [0.2, 0.25) is 5.02 Å². The van der Waals surface area contributed by atoms with Gasteiger partial charge < -0.3 is 0 Å². The summed E-state index contributed by atoms with van der Waals surface area (Å²) in [6.07, 6.45) is 2.61. The molecular weight excluding hydrogens is 460 g/mol. The number of benzene rings is 1. The molecule has 8 heteroatoms. The van der Waals surface area contributed by atoms with Gasteiger partial charge in [-0.25, -0.2) is 4.21 Å². The maximum atomic E-state index is 12.7. The Balaban J connectivity index is 0.00000145. The van der Waals surface area contributed by atoms with Crippen LogP contribution in [0.15, 0.2) is 45.0 Å². The number of halogens is 1. The van der Waals surface area contributed by atoms with Crippen molar-refractivity contribution in [1.82, 2.24) is 9.03 Å². The third-order valence-corrected chi connectivity index (χ3v) is 9.60. The highest BCUT2D eigenvalue weighted by Crippen LogP contribution is 2.34. The van der Waals surface area contributed by atoms with Crippen molar-refractivity contribution in [3.8, 4) is 0 Å². The zero-order chi connectivity index (χ0) is 21.4. The number of thioether (sulfide) groups is 1. The summed E-state index contributed by atoms with van der Waals surface area (Å²) < 4.78 is 20.1. The molecule has 0 amide bonds. The van der Waals surface area contributed by atoms with Gasteiger partial charge in [0.2, 0.25) is 0 Å². The molecule has 1 saturated heterocycles. The van der Waals surface area contributed by atoms with E-state index >= 15 is 0 Å². The average molecular weight is 489 g/mol. The Bertz CT molecular complexity index is 888. The second-order valence-corrected chi connectivity index (χ2v) is 11.4. The van der Waals surface area contributed by atoms with E-state index in [0.29, 0.717) is 10.1 Å². The molecule has 3 nitrogen and oxygen atoms in total. The summed E-state index contributed by atoms with van der Waals surface area (Å²) in [4.78, 5) is 0. The van der Waals surface area contributed by atoms with Crippen LogP contribution in [-0.4, -0.2) is 27.4 Å². The van der Waals surface area contributed by atoms with Crippen molar-refractivity contribution in [2.75, 3.05) is 18.8 Å². The molecule has 1 atom stereocenters. The van der Waals surface area contributed by atoms with Crippen molar-refractivity contribution in [2.24, 2.45) is 0 Å². The van der Waals surface area contributed by atoms with E-state index in [9.17, 15) is 4.21 Å². The molecule has 1 aliphatic rings. The third kappa shape index (κ3) is 7.33. The van der Waals surface area contributed by atoms with E-state index in [-0.39, 0.29) is 0 Å². The van der Waals surface area contributed by atoms with Crippen LogP contribution in [0.25, 0.3) is 10.1 Å². The van der Waals surface area contributed by atoms with E-state index in [0.717, 1.165) is 25.6 Å². The molecule has 2 heterocycles. The number of hydrogen-bond donors (Lipinski definition) is 1. The zero-order valence-electron chi connectivity index (χ0n) is 17.4. The van der Waals surface area contributed by atoms with Gasteiger partial charge in [-0.15, -0.1) is 11.3 Å². The van der Waals surface area contributed by atoms with Crippen LogP contribution in [0.5, 0.6) is 0 Å². The van der Waals surface area contributed by atoms with Gasteiger partial charge in [0.25, 0.3) is 0 Å². The molecule has 0 aliphatic carbocycles. The molecule has 0 saturated carbocycles. The Morgan fingerprint density at radius 2 is 2.07 bits per heavy atom. The second-order valence-electron chi connectivity index (χ2n) is 6.44. The van der Waals surface area contributed by atoms with Crippen molar-refractivity contribution in [1.29, 1.82) is 0 Å². The fourth-order valence-electron chi connectivity index (χ4n) is 2.74. The Labute approximate surface area is 195 Å². The molecule has 1 aliphatic heterocycles. The summed E-state index contributed by atoms with van der Waals surface area (Å²) in [5, 5.41) is 4.54. The predicted molar refractivity (Wildman–Crippen MR) is 136 cm³/mol. The fourth-order valence-corrected chi connectivity index (χ4v) is 7.15. The van der Waals surface area contributed by atoms with E-state index in [1.54, 1.807) is 0 Å². The molecule has 1 fully saturated rings. The first kappa shape index (κ1) is 24.8. The monoisotopic (exact) mass is 488 g/mol. The molecule has 0 bridgehead atoms. The van der Waals surface area contributed by atoms with E-state index in [1.807, 2.05) is 50.9 Å². The Morgan fingerprint density at radius 3 is 2.76 bits per heavy atom. The van der Waals surface area contributed by atoms with Crippen LogP contribution >= 0.6 is 46.6 Å². The molecular formula is C21H29ClN2OS4. The van der Waals surface area contributed by atoms with Crippen LogP contribution in [0.4, 0.5) is 0 Å². The van der Waals surface area contributed by atoms with Gasteiger partial charge in [0.1, 0.15) is 4.21 Å². The minimum atomic E-state index is -1.32. The number of rotatable bonds is 8. The summed E-state index contributed by atoms with van der Waals surface area (Å²) >= 11 is 11.0. The molecule has 1 aromatic heterocycles. The van der Waals surface area contributed by atoms with Gasteiger partial charge in [0.15, 0.2) is 11.0 Å². The quantitative estimate of drug-likeness (QED) is 0.393. The Kier molecular flexibility index (Phi) is 10.6. The molecule has 2 aromatic rings. The van der Waals surface area contributed by atoms with Crippen molar-refractivity contribution in [3.63, 3.8) is 0 Å². The second kappa shape index (κ2) is 12.4. The van der Waals surface area contributed by atoms with E-state index in [1.165, 1.54) is 54.6 Å². The normalized spacial score (nSPS) is 15.8. The van der Waals surface area contributed by atoms with Crippen molar-refractivity contribution < 1.29 is 4.21 Å². The molecule has 1 unspecified atom stereocenters. The highest BCUT2D eigenvalue weighted by atomic mass is 35.5. The summed E-state index contributed by atoms with van der Waals surface area (Å²) in [6, 6.07) is 5.77. The Morgan fingerprint density at radius 1 is 1.38 bits per heavy atom. The minimum Gasteiger partial charge on any atom is -0.295 e. The smallest absolute Gasteiger partial charge is 0.161 e. The third-order valence-electron chi connectivity index (χ3n) is 4.17. The van der Waals surface area contributed by atoms with Gasteiger partial charge in [0, 0.05) is 28.6 Å². The van der Waals surface area contributed by atoms with Crippen LogP contribution < -0.4 is 4.72 Å². The highest BCUT2D eigenvalue weighted by Gasteiger charge is 2.15. The number of aryl methyl sites for hydroxylation is 1. The van der Waals surface area contributed by atoms with E-state index in [2.05, 4.69) is 27.9 Å². The fraction of sp³-hybridized carbons (Fsp3) is 0.429. The molecule has 0 spiro atoms. The van der Waals surface area contributed by atoms with Crippen molar-refractivity contribution >= 4 is 67.7 Å². The first-order valence-corrected chi connectivity index (χ1v) is 13.9. The SMILES string of the molecule is C=C(NS(=O)c1sc2ccc(Cl)cc2c1C)S/C=C(\C)CSN1CCCC1.CC. The van der Waals surface area contributed by atoms with Gasteiger partial charge >= 0.3 is 0 Å². The highest BCUT2D eigenvalue weighted by molar-refractivity contribution is 8.06. The molecule has 3 rings (SSSR count). The molecule has 0 radical (unpaired) electrons. The van der Waals surface area contributed by atoms with Crippen LogP contribution in [-0.2, 0) is 11.0 Å². The molecule has 29 heavy (non-hydrogen) atoms. The summed E-state index contributed by atoms with van der Waals surface area (Å²) in [7, 11) is -1.32. The molecule has 160 valence electrons. The standard InChI is InChI=1S/C19H23ClN2OS4.C2H6/c1-13(12-25-22-8-4-5-9-22)11-24-15(3)21-27(23)19-14(2)17-10-16(20)6-7-18(17)26-19;1-2/h6-7,10-11,21H,3-5,8-9,12H2,1-2H3;1-2H3/b13-11+;. The van der Waals surface area contributed by atoms with Gasteiger partial charge in [-0.05, 0) is 61.2 Å². The van der Waals surface area contributed by atoms with E-state index < -0.39 is 11.0 Å². The summed E-state index contributed by atoms with van der Waals surface area (Å²) in [6.45, 7) is 14.5. The maximum absolute atomic E-state index is 12.7. The van der Waals surface area contributed by atoms with Gasteiger partial charge in [0.05, 0.1) is 5.03 Å². The lowest BCUT2D eigenvalue weighted by molar-refractivity contribution is 0.587. The van der Waals surface area contributed by atoms with E-state index in [4.69, 9.17) is 11.6 Å². The first-order chi connectivity index (χ1) is 13.9. The van der Waals surface area contributed by atoms with Gasteiger partial charge in [-0.3, -0.25) is 9.03 Å². The van der Waals surface area contributed by atoms with Gasteiger partial charge in [-0.1, -0.05) is 61.3 Å². The number of hydrogen-bond acceptors (Lipinski definition) is 5. The average Bonchev–Trinajstić information content (AvgIpc) is 3.34. The minimum absolute atomic E-state index is 0.689. The largest absolute Gasteiger partial charge is 0.295 e. The van der Waals surface area contributed by atoms with Crippen LogP contribution in [0.3, 0.4) is 0 Å². The predicted octanol–water partition coefficient (Wildman–Crippen LogP) is 7.35. The lowest BCUT2D eigenvalue weighted by Gasteiger charge is -2.13. The molecule has 1 aromatic carbocycles. The first-order valence-electron chi connectivity index (χ1n) is 9.70.